The summed E-state index contributed by atoms with van der Waals surface area (Å²) in [6.07, 6.45) is -11.0. The van der Waals surface area contributed by atoms with E-state index in [2.05, 4.69) is 4.74 Å². The zero-order valence-electron chi connectivity index (χ0n) is 8.52. The van der Waals surface area contributed by atoms with E-state index < -0.39 is 41.1 Å². The first kappa shape index (κ1) is 14.9. The molecule has 0 bridgehead atoms. The quantitative estimate of drug-likeness (QED) is 0.817. The third-order valence-corrected chi connectivity index (χ3v) is 1.72. The van der Waals surface area contributed by atoms with E-state index in [0.717, 1.165) is 0 Å². The average molecular weight is 291 g/mol. The Bertz CT molecular complexity index is 558. The Kier molecular flexibility index (Phi) is 3.50. The SMILES string of the molecule is O=C(O)c1cc(=O)c(OC(F)(F)F)c(C(F)(F)F)[nH]1. The van der Waals surface area contributed by atoms with E-state index in [1.807, 2.05) is 0 Å². The van der Waals surface area contributed by atoms with Crippen molar-refractivity contribution in [3.05, 3.63) is 27.7 Å². The van der Waals surface area contributed by atoms with Gasteiger partial charge in [-0.15, -0.1) is 13.2 Å². The van der Waals surface area contributed by atoms with E-state index in [0.29, 0.717) is 0 Å². The fourth-order valence-corrected chi connectivity index (χ4v) is 1.08. The van der Waals surface area contributed by atoms with Crippen LogP contribution in [-0.4, -0.2) is 22.4 Å². The van der Waals surface area contributed by atoms with Crippen LogP contribution in [0.1, 0.15) is 16.2 Å². The van der Waals surface area contributed by atoms with Crippen LogP contribution in [0, 0.1) is 0 Å². The molecule has 5 nitrogen and oxygen atoms in total. The number of aromatic nitrogens is 1. The van der Waals surface area contributed by atoms with Crippen LogP contribution in [0.15, 0.2) is 10.9 Å². The molecule has 1 heterocycles. The van der Waals surface area contributed by atoms with Crippen molar-refractivity contribution in [2.45, 2.75) is 12.5 Å². The molecule has 2 N–H and O–H groups in total. The zero-order chi connectivity index (χ0) is 15.0. The number of H-pyrrole nitrogens is 1. The molecule has 0 spiro atoms. The summed E-state index contributed by atoms with van der Waals surface area (Å²) in [5.41, 5.74) is -5.30. The van der Waals surface area contributed by atoms with Crippen LogP contribution in [0.5, 0.6) is 5.75 Å². The summed E-state index contributed by atoms with van der Waals surface area (Å²) in [4.78, 5) is 22.7. The van der Waals surface area contributed by atoms with Crippen molar-refractivity contribution in [1.29, 1.82) is 0 Å². The Balaban J connectivity index is 3.54. The molecule has 11 heteroatoms. The van der Waals surface area contributed by atoms with Crippen molar-refractivity contribution in [2.24, 2.45) is 0 Å². The lowest BCUT2D eigenvalue weighted by molar-refractivity contribution is -0.276. The van der Waals surface area contributed by atoms with E-state index >= 15 is 0 Å². The van der Waals surface area contributed by atoms with Crippen LogP contribution < -0.4 is 10.2 Å². The summed E-state index contributed by atoms with van der Waals surface area (Å²) in [7, 11) is 0. The number of halogens is 6. The number of rotatable bonds is 2. The van der Waals surface area contributed by atoms with Gasteiger partial charge in [-0.25, -0.2) is 4.79 Å². The summed E-state index contributed by atoms with van der Waals surface area (Å²) in [6.45, 7) is 0. The maximum absolute atomic E-state index is 12.4. The summed E-state index contributed by atoms with van der Waals surface area (Å²) in [5, 5.41) is 8.42. The van der Waals surface area contributed by atoms with Gasteiger partial charge < -0.3 is 14.8 Å². The standard InChI is InChI=1S/C8H3F6NO4/c9-7(10,11)5-4(19-8(12,13)14)3(16)1-2(15-5)6(17)18/h1H,(H,15,16)(H,17,18). The number of carboxylic acid groups (broad SMARTS) is 1. The van der Waals surface area contributed by atoms with Gasteiger partial charge in [0.25, 0.3) is 0 Å². The monoisotopic (exact) mass is 291 g/mol. The smallest absolute Gasteiger partial charge is 0.477 e. The van der Waals surface area contributed by atoms with Crippen molar-refractivity contribution < 1.29 is 41.0 Å². The third kappa shape index (κ3) is 3.63. The minimum atomic E-state index is -5.53. The second kappa shape index (κ2) is 4.48. The molecule has 0 aliphatic heterocycles. The van der Waals surface area contributed by atoms with Gasteiger partial charge >= 0.3 is 18.5 Å². The highest BCUT2D eigenvalue weighted by molar-refractivity contribution is 5.85. The highest BCUT2D eigenvalue weighted by atomic mass is 19.4. The molecule has 0 aliphatic carbocycles. The molecule has 1 rings (SSSR count). The van der Waals surface area contributed by atoms with Gasteiger partial charge in [-0.2, -0.15) is 13.2 Å². The maximum atomic E-state index is 12.4. The molecule has 106 valence electrons. The largest absolute Gasteiger partial charge is 0.573 e. The van der Waals surface area contributed by atoms with Crippen molar-refractivity contribution in [3.63, 3.8) is 0 Å². The highest BCUT2D eigenvalue weighted by Gasteiger charge is 2.42. The molecular formula is C8H3F6NO4. The lowest BCUT2D eigenvalue weighted by atomic mass is 10.2. The van der Waals surface area contributed by atoms with Crippen LogP contribution in [0.4, 0.5) is 26.3 Å². The first-order chi connectivity index (χ1) is 8.42. The van der Waals surface area contributed by atoms with Gasteiger partial charge in [-0.3, -0.25) is 4.79 Å². The second-order valence-electron chi connectivity index (χ2n) is 3.10. The van der Waals surface area contributed by atoms with Gasteiger partial charge in [0.2, 0.25) is 11.2 Å². The molecule has 0 saturated carbocycles. The Hall–Kier alpha value is -2.20. The predicted molar refractivity (Wildman–Crippen MR) is 45.7 cm³/mol. The Morgan fingerprint density at radius 1 is 1.21 bits per heavy atom. The summed E-state index contributed by atoms with van der Waals surface area (Å²) in [6, 6.07) is 0.0542. The van der Waals surface area contributed by atoms with Crippen LogP contribution in [0.3, 0.4) is 0 Å². The normalized spacial score (nSPS) is 12.3. The van der Waals surface area contributed by atoms with Crippen molar-refractivity contribution >= 4 is 5.97 Å². The number of ether oxygens (including phenoxy) is 1. The third-order valence-electron chi connectivity index (χ3n) is 1.72. The van der Waals surface area contributed by atoms with Gasteiger partial charge in [0.05, 0.1) is 0 Å². The topological polar surface area (TPSA) is 79.4 Å². The minimum Gasteiger partial charge on any atom is -0.477 e. The number of carboxylic acids is 1. The number of alkyl halides is 6. The minimum absolute atomic E-state index is 0.0542. The van der Waals surface area contributed by atoms with Gasteiger partial charge in [0.1, 0.15) is 5.69 Å². The van der Waals surface area contributed by atoms with Gasteiger partial charge in [-0.1, -0.05) is 0 Å². The highest BCUT2D eigenvalue weighted by Crippen LogP contribution is 2.35. The van der Waals surface area contributed by atoms with Gasteiger partial charge in [0, 0.05) is 6.07 Å². The predicted octanol–water partition coefficient (Wildman–Crippen LogP) is 1.99. The van der Waals surface area contributed by atoms with E-state index in [-0.39, 0.29) is 6.07 Å². The number of hydrogen-bond donors (Lipinski definition) is 2. The average Bonchev–Trinajstić information content (AvgIpc) is 2.16. The fourth-order valence-electron chi connectivity index (χ4n) is 1.08. The Labute approximate surface area is 99.0 Å². The Morgan fingerprint density at radius 3 is 2.11 bits per heavy atom. The maximum Gasteiger partial charge on any atom is 0.573 e. The lowest BCUT2D eigenvalue weighted by Gasteiger charge is -2.14. The van der Waals surface area contributed by atoms with Crippen molar-refractivity contribution in [1.82, 2.24) is 4.98 Å². The van der Waals surface area contributed by atoms with Crippen LogP contribution in [0.25, 0.3) is 0 Å². The van der Waals surface area contributed by atoms with Crippen molar-refractivity contribution in [2.75, 3.05) is 0 Å². The van der Waals surface area contributed by atoms with E-state index in [9.17, 15) is 35.9 Å². The van der Waals surface area contributed by atoms with Crippen molar-refractivity contribution in [3.8, 4) is 5.75 Å². The number of pyridine rings is 1. The van der Waals surface area contributed by atoms with Gasteiger partial charge in [0.15, 0.2) is 5.69 Å². The molecule has 0 saturated heterocycles. The van der Waals surface area contributed by atoms with E-state index in [1.165, 1.54) is 4.98 Å². The fraction of sp³-hybridized carbons (Fsp3) is 0.250. The van der Waals surface area contributed by atoms with E-state index in [4.69, 9.17) is 5.11 Å². The molecule has 19 heavy (non-hydrogen) atoms. The molecule has 0 aromatic carbocycles. The summed E-state index contributed by atoms with van der Waals surface area (Å²) >= 11 is 0. The molecule has 0 fully saturated rings. The van der Waals surface area contributed by atoms with Crippen LogP contribution >= 0.6 is 0 Å². The first-order valence-electron chi connectivity index (χ1n) is 4.25. The van der Waals surface area contributed by atoms with Crippen LogP contribution in [-0.2, 0) is 6.18 Å². The number of aromatic carboxylic acids is 1. The summed E-state index contributed by atoms with van der Waals surface area (Å²) < 4.78 is 75.9. The van der Waals surface area contributed by atoms with Gasteiger partial charge in [-0.05, 0) is 0 Å². The molecule has 0 unspecified atom stereocenters. The second-order valence-corrected chi connectivity index (χ2v) is 3.10. The summed E-state index contributed by atoms with van der Waals surface area (Å²) in [5.74, 6) is -4.01. The lowest BCUT2D eigenvalue weighted by Crippen LogP contribution is -2.27. The molecule has 0 atom stereocenters. The van der Waals surface area contributed by atoms with Crippen LogP contribution in [0.2, 0.25) is 0 Å². The van der Waals surface area contributed by atoms with E-state index in [1.54, 1.807) is 0 Å². The number of aromatic amines is 1. The zero-order valence-corrected chi connectivity index (χ0v) is 8.52. The molecule has 0 amide bonds. The number of carbonyl (C=O) groups is 1. The Morgan fingerprint density at radius 2 is 1.74 bits per heavy atom. The first-order valence-corrected chi connectivity index (χ1v) is 4.25. The molecular weight excluding hydrogens is 288 g/mol. The molecule has 0 radical (unpaired) electrons. The number of hydrogen-bond acceptors (Lipinski definition) is 3. The molecule has 1 aromatic heterocycles. The molecule has 0 aliphatic rings. The number of nitrogens with one attached hydrogen (secondary N) is 1. The molecule has 1 aromatic rings.